The Labute approximate surface area is 122 Å². The molecule has 0 bridgehead atoms. The maximum Gasteiger partial charge on any atom is 0.261 e. The predicted octanol–water partition coefficient (Wildman–Crippen LogP) is 3.26. The Kier molecular flexibility index (Phi) is 3.63. The molecular formula is C15H18FN3O2. The lowest BCUT2D eigenvalue weighted by Gasteiger charge is -2.24. The van der Waals surface area contributed by atoms with E-state index in [-0.39, 0.29) is 11.5 Å². The molecule has 112 valence electrons. The maximum atomic E-state index is 13.9. The number of nitrogens with zero attached hydrogens (tertiary/aromatic N) is 2. The molecular weight excluding hydrogens is 273 g/mol. The van der Waals surface area contributed by atoms with E-state index in [1.807, 2.05) is 6.92 Å². The highest BCUT2D eigenvalue weighted by molar-refractivity contribution is 5.58. The van der Waals surface area contributed by atoms with E-state index in [1.54, 1.807) is 12.1 Å². The summed E-state index contributed by atoms with van der Waals surface area (Å²) in [6.45, 7) is 2.53. The molecule has 1 fully saturated rings. The first-order chi connectivity index (χ1) is 10.1. The molecule has 1 aliphatic rings. The number of benzene rings is 1. The van der Waals surface area contributed by atoms with Crippen LogP contribution >= 0.6 is 0 Å². The second-order valence-electron chi connectivity index (χ2n) is 5.30. The van der Waals surface area contributed by atoms with Crippen LogP contribution in [0.3, 0.4) is 0 Å². The lowest BCUT2D eigenvalue weighted by Crippen LogP contribution is -2.27. The number of nitrogens with two attached hydrogens (primary N) is 1. The third kappa shape index (κ3) is 2.51. The number of aromatic nitrogens is 2. The van der Waals surface area contributed by atoms with Crippen molar-refractivity contribution >= 4 is 5.69 Å². The van der Waals surface area contributed by atoms with Crippen LogP contribution in [0.5, 0.6) is 0 Å². The standard InChI is InChI=1S/C15H18FN3O2/c1-2-20-15(7-3-4-8-15)14-18-13(21-19-14)11-6-5-10(17)9-12(11)16/h5-6,9H,2-4,7-8,17H2,1H3. The van der Waals surface area contributed by atoms with E-state index in [1.165, 1.54) is 6.07 Å². The molecule has 0 saturated heterocycles. The van der Waals surface area contributed by atoms with E-state index >= 15 is 0 Å². The van der Waals surface area contributed by atoms with Crippen molar-refractivity contribution in [2.45, 2.75) is 38.2 Å². The fourth-order valence-electron chi connectivity index (χ4n) is 2.88. The van der Waals surface area contributed by atoms with E-state index in [0.29, 0.717) is 18.1 Å². The minimum Gasteiger partial charge on any atom is -0.399 e. The van der Waals surface area contributed by atoms with Crippen molar-refractivity contribution < 1.29 is 13.7 Å². The minimum absolute atomic E-state index is 0.161. The van der Waals surface area contributed by atoms with Crippen molar-refractivity contribution in [2.24, 2.45) is 0 Å². The molecule has 1 aromatic heterocycles. The minimum atomic E-state index is -0.485. The van der Waals surface area contributed by atoms with Crippen molar-refractivity contribution in [1.29, 1.82) is 0 Å². The quantitative estimate of drug-likeness (QED) is 0.875. The summed E-state index contributed by atoms with van der Waals surface area (Å²) in [6.07, 6.45) is 3.87. The predicted molar refractivity (Wildman–Crippen MR) is 75.9 cm³/mol. The monoisotopic (exact) mass is 291 g/mol. The molecule has 21 heavy (non-hydrogen) atoms. The Bertz CT molecular complexity index is 636. The van der Waals surface area contributed by atoms with E-state index in [2.05, 4.69) is 10.1 Å². The Hall–Kier alpha value is -1.95. The van der Waals surface area contributed by atoms with Gasteiger partial charge in [-0.3, -0.25) is 0 Å². The molecule has 2 N–H and O–H groups in total. The van der Waals surface area contributed by atoms with Crippen molar-refractivity contribution in [3.63, 3.8) is 0 Å². The van der Waals surface area contributed by atoms with Gasteiger partial charge < -0.3 is 15.0 Å². The zero-order valence-corrected chi connectivity index (χ0v) is 11.9. The van der Waals surface area contributed by atoms with Crippen LogP contribution in [-0.2, 0) is 10.3 Å². The van der Waals surface area contributed by atoms with E-state index in [9.17, 15) is 4.39 Å². The Balaban J connectivity index is 1.95. The van der Waals surface area contributed by atoms with Gasteiger partial charge in [-0.2, -0.15) is 4.98 Å². The van der Waals surface area contributed by atoms with Crippen LogP contribution < -0.4 is 5.73 Å². The first-order valence-electron chi connectivity index (χ1n) is 7.18. The summed E-state index contributed by atoms with van der Waals surface area (Å²) in [6, 6.07) is 4.40. The van der Waals surface area contributed by atoms with E-state index in [4.69, 9.17) is 15.0 Å². The summed E-state index contributed by atoms with van der Waals surface area (Å²) in [5.41, 5.74) is 5.67. The fraction of sp³-hybridized carbons (Fsp3) is 0.467. The number of hydrogen-bond acceptors (Lipinski definition) is 5. The van der Waals surface area contributed by atoms with Gasteiger partial charge in [0.1, 0.15) is 11.4 Å². The van der Waals surface area contributed by atoms with Crippen LogP contribution in [0.2, 0.25) is 0 Å². The highest BCUT2D eigenvalue weighted by atomic mass is 19.1. The smallest absolute Gasteiger partial charge is 0.261 e. The molecule has 0 atom stereocenters. The summed E-state index contributed by atoms with van der Waals surface area (Å²) in [4.78, 5) is 4.36. The van der Waals surface area contributed by atoms with E-state index in [0.717, 1.165) is 25.7 Å². The number of rotatable bonds is 4. The molecule has 0 aliphatic heterocycles. The molecule has 1 heterocycles. The second-order valence-corrected chi connectivity index (χ2v) is 5.30. The molecule has 5 nitrogen and oxygen atoms in total. The van der Waals surface area contributed by atoms with Crippen molar-refractivity contribution in [1.82, 2.24) is 10.1 Å². The lowest BCUT2D eigenvalue weighted by molar-refractivity contribution is -0.0469. The number of ether oxygens (including phenoxy) is 1. The van der Waals surface area contributed by atoms with Crippen LogP contribution in [-0.4, -0.2) is 16.7 Å². The van der Waals surface area contributed by atoms with Gasteiger partial charge in [-0.1, -0.05) is 5.16 Å². The van der Waals surface area contributed by atoms with Gasteiger partial charge in [0.05, 0.1) is 5.56 Å². The molecule has 3 rings (SSSR count). The highest BCUT2D eigenvalue weighted by Gasteiger charge is 2.41. The van der Waals surface area contributed by atoms with E-state index < -0.39 is 11.4 Å². The Morgan fingerprint density at radius 2 is 2.14 bits per heavy atom. The number of nitrogen functional groups attached to an aromatic ring is 1. The number of hydrogen-bond donors (Lipinski definition) is 1. The van der Waals surface area contributed by atoms with Gasteiger partial charge in [0, 0.05) is 12.3 Å². The Morgan fingerprint density at radius 3 is 2.81 bits per heavy atom. The molecule has 1 aromatic carbocycles. The lowest BCUT2D eigenvalue weighted by atomic mass is 10.0. The molecule has 1 aliphatic carbocycles. The normalized spacial score (nSPS) is 17.2. The van der Waals surface area contributed by atoms with Gasteiger partial charge in [-0.05, 0) is 50.8 Å². The average Bonchev–Trinajstić information content (AvgIpc) is 3.08. The molecule has 0 unspecified atom stereocenters. The summed E-state index contributed by atoms with van der Waals surface area (Å²) in [5.74, 6) is 0.198. The maximum absolute atomic E-state index is 13.9. The van der Waals surface area contributed by atoms with Crippen LogP contribution in [0.25, 0.3) is 11.5 Å². The zero-order chi connectivity index (χ0) is 14.9. The van der Waals surface area contributed by atoms with Gasteiger partial charge in [-0.25, -0.2) is 4.39 Å². The summed E-state index contributed by atoms with van der Waals surface area (Å²) >= 11 is 0. The first-order valence-corrected chi connectivity index (χ1v) is 7.18. The van der Waals surface area contributed by atoms with Crippen molar-refractivity contribution in [3.8, 4) is 11.5 Å². The second kappa shape index (κ2) is 5.44. The molecule has 0 amide bonds. The summed E-state index contributed by atoms with van der Waals surface area (Å²) in [5, 5.41) is 4.02. The van der Waals surface area contributed by atoms with Gasteiger partial charge in [-0.15, -0.1) is 0 Å². The topological polar surface area (TPSA) is 74.2 Å². The summed E-state index contributed by atoms with van der Waals surface area (Å²) in [7, 11) is 0. The molecule has 1 saturated carbocycles. The summed E-state index contributed by atoms with van der Waals surface area (Å²) < 4.78 is 25.0. The Morgan fingerprint density at radius 1 is 1.38 bits per heavy atom. The van der Waals surface area contributed by atoms with Crippen molar-refractivity contribution in [3.05, 3.63) is 29.8 Å². The SMILES string of the molecule is CCOC1(c2noc(-c3ccc(N)cc3F)n2)CCCC1. The third-order valence-corrected chi connectivity index (χ3v) is 3.89. The van der Waals surface area contributed by atoms with Crippen LogP contribution in [0.15, 0.2) is 22.7 Å². The average molecular weight is 291 g/mol. The fourth-order valence-corrected chi connectivity index (χ4v) is 2.88. The molecule has 0 radical (unpaired) electrons. The molecule has 0 spiro atoms. The zero-order valence-electron chi connectivity index (χ0n) is 11.9. The van der Waals surface area contributed by atoms with Gasteiger partial charge in [0.2, 0.25) is 5.82 Å². The van der Waals surface area contributed by atoms with Crippen LogP contribution in [0.1, 0.15) is 38.4 Å². The molecule has 6 heteroatoms. The first kappa shape index (κ1) is 14.0. The van der Waals surface area contributed by atoms with Crippen molar-refractivity contribution in [2.75, 3.05) is 12.3 Å². The number of anilines is 1. The van der Waals surface area contributed by atoms with Crippen LogP contribution in [0.4, 0.5) is 10.1 Å². The van der Waals surface area contributed by atoms with Gasteiger partial charge in [0.25, 0.3) is 5.89 Å². The van der Waals surface area contributed by atoms with Crippen LogP contribution in [0, 0.1) is 5.82 Å². The largest absolute Gasteiger partial charge is 0.399 e. The number of halogens is 1. The van der Waals surface area contributed by atoms with Gasteiger partial charge in [0.15, 0.2) is 0 Å². The molecule has 2 aromatic rings. The third-order valence-electron chi connectivity index (χ3n) is 3.89. The van der Waals surface area contributed by atoms with Gasteiger partial charge >= 0.3 is 0 Å². The highest BCUT2D eigenvalue weighted by Crippen LogP contribution is 2.41.